The lowest BCUT2D eigenvalue weighted by atomic mass is 10.4. The van der Waals surface area contributed by atoms with Crippen LogP contribution in [-0.2, 0) is 0 Å². The number of hydrogen-bond acceptors (Lipinski definition) is 4. The van der Waals surface area contributed by atoms with Crippen molar-refractivity contribution in [3.8, 4) is 11.7 Å². The van der Waals surface area contributed by atoms with E-state index in [4.69, 9.17) is 17.3 Å². The van der Waals surface area contributed by atoms with Crippen molar-refractivity contribution in [1.82, 2.24) is 14.8 Å². The van der Waals surface area contributed by atoms with Crippen LogP contribution >= 0.6 is 11.6 Å². The molecule has 0 unspecified atom stereocenters. The molecule has 0 radical (unpaired) electrons. The van der Waals surface area contributed by atoms with Gasteiger partial charge in [0.1, 0.15) is 5.69 Å². The lowest BCUT2D eigenvalue weighted by Gasteiger charge is -2.04. The van der Waals surface area contributed by atoms with Gasteiger partial charge in [0.15, 0.2) is 5.82 Å². The van der Waals surface area contributed by atoms with Gasteiger partial charge in [-0.1, -0.05) is 11.6 Å². The van der Waals surface area contributed by atoms with Gasteiger partial charge in [-0.25, -0.2) is 9.67 Å². The van der Waals surface area contributed by atoms with E-state index in [0.717, 1.165) is 10.7 Å². The van der Waals surface area contributed by atoms with Crippen LogP contribution < -0.4 is 10.5 Å². The van der Waals surface area contributed by atoms with E-state index >= 15 is 0 Å². The molecule has 0 saturated heterocycles. The summed E-state index contributed by atoms with van der Waals surface area (Å²) in [6, 6.07) is 4.05. The van der Waals surface area contributed by atoms with Gasteiger partial charge in [0.25, 0.3) is 5.91 Å². The average Bonchev–Trinajstić information content (AvgIpc) is 2.72. The number of aromatic nitrogens is 3. The second kappa shape index (κ2) is 5.19. The van der Waals surface area contributed by atoms with Crippen molar-refractivity contribution in [3.05, 3.63) is 35.1 Å². The van der Waals surface area contributed by atoms with Crippen LogP contribution in [0, 0.1) is 0 Å². The molecule has 2 N–H and O–H groups in total. The van der Waals surface area contributed by atoms with Crippen LogP contribution in [0.25, 0.3) is 5.82 Å². The van der Waals surface area contributed by atoms with Gasteiger partial charge in [-0.3, -0.25) is 4.79 Å². The van der Waals surface area contributed by atoms with Crippen molar-refractivity contribution < 1.29 is 18.3 Å². The highest BCUT2D eigenvalue weighted by Crippen LogP contribution is 2.22. The third kappa shape index (κ3) is 2.79. The molecule has 2 aromatic heterocycles. The first-order valence-corrected chi connectivity index (χ1v) is 5.32. The van der Waals surface area contributed by atoms with Crippen molar-refractivity contribution in [2.75, 3.05) is 0 Å². The van der Waals surface area contributed by atoms with Crippen molar-refractivity contribution >= 4 is 17.5 Å². The first-order valence-electron chi connectivity index (χ1n) is 4.94. The van der Waals surface area contributed by atoms with Crippen molar-refractivity contribution in [3.63, 3.8) is 0 Å². The summed E-state index contributed by atoms with van der Waals surface area (Å²) < 4.78 is 29.3. The highest BCUT2D eigenvalue weighted by atomic mass is 35.5. The lowest BCUT2D eigenvalue weighted by Crippen LogP contribution is -2.17. The fourth-order valence-corrected chi connectivity index (χ4v) is 1.58. The third-order valence-electron chi connectivity index (χ3n) is 2.09. The van der Waals surface area contributed by atoms with E-state index in [0.29, 0.717) is 0 Å². The zero-order chi connectivity index (χ0) is 14.0. The number of nitrogens with zero attached hydrogens (tertiary/aromatic N) is 3. The summed E-state index contributed by atoms with van der Waals surface area (Å²) in [6.45, 7) is -3.07. The first kappa shape index (κ1) is 13.2. The van der Waals surface area contributed by atoms with E-state index in [-0.39, 0.29) is 16.5 Å². The van der Waals surface area contributed by atoms with Crippen LogP contribution in [0.2, 0.25) is 5.02 Å². The quantitative estimate of drug-likeness (QED) is 0.926. The molecule has 0 aliphatic heterocycles. The van der Waals surface area contributed by atoms with Gasteiger partial charge >= 0.3 is 6.61 Å². The number of hydrogen-bond donors (Lipinski definition) is 1. The Morgan fingerprint density at radius 3 is 2.84 bits per heavy atom. The number of halogens is 3. The number of carbonyl (C=O) groups excluding carboxylic acids is 1. The predicted molar refractivity (Wildman–Crippen MR) is 61.5 cm³/mol. The summed E-state index contributed by atoms with van der Waals surface area (Å²) >= 11 is 5.89. The normalized spacial score (nSPS) is 10.7. The molecule has 0 aliphatic carbocycles. The van der Waals surface area contributed by atoms with Gasteiger partial charge in [-0.2, -0.15) is 8.78 Å². The van der Waals surface area contributed by atoms with Crippen LogP contribution in [-0.4, -0.2) is 27.3 Å². The Hall–Kier alpha value is -2.22. The summed E-state index contributed by atoms with van der Waals surface area (Å²) in [5.74, 6) is -1.24. The molecule has 19 heavy (non-hydrogen) atoms. The zero-order valence-corrected chi connectivity index (χ0v) is 10.0. The molecule has 1 amide bonds. The summed E-state index contributed by atoms with van der Waals surface area (Å²) in [6.07, 6.45) is 1.40. The topological polar surface area (TPSA) is 83.0 Å². The summed E-state index contributed by atoms with van der Waals surface area (Å²) in [5.41, 5.74) is 4.96. The van der Waals surface area contributed by atoms with Crippen LogP contribution in [0.15, 0.2) is 24.4 Å². The fraction of sp³-hybridized carbons (Fsp3) is 0.100. The molecule has 0 atom stereocenters. The molecular weight excluding hydrogens is 282 g/mol. The predicted octanol–water partition coefficient (Wildman–Crippen LogP) is 1.62. The van der Waals surface area contributed by atoms with E-state index in [9.17, 15) is 13.6 Å². The molecule has 0 aromatic carbocycles. The van der Waals surface area contributed by atoms with E-state index < -0.39 is 18.4 Å². The Morgan fingerprint density at radius 1 is 1.53 bits per heavy atom. The number of rotatable bonds is 4. The zero-order valence-electron chi connectivity index (χ0n) is 9.26. The highest BCUT2D eigenvalue weighted by molar-refractivity contribution is 6.32. The standard InChI is InChI=1S/C10H7ClF2N4O2/c11-5-2-1-3-15-9(5)17-6(8(14)18)4-7(16-17)19-10(12)13/h1-4,10H,(H2,14,18). The fourth-order valence-electron chi connectivity index (χ4n) is 1.38. The maximum atomic E-state index is 12.1. The van der Waals surface area contributed by atoms with Gasteiger partial charge in [0.05, 0.1) is 5.02 Å². The van der Waals surface area contributed by atoms with Gasteiger partial charge in [0, 0.05) is 12.3 Å². The van der Waals surface area contributed by atoms with Crippen LogP contribution in [0.1, 0.15) is 10.5 Å². The highest BCUT2D eigenvalue weighted by Gasteiger charge is 2.19. The SMILES string of the molecule is NC(=O)c1cc(OC(F)F)nn1-c1ncccc1Cl. The molecular formula is C10H7ClF2N4O2. The smallest absolute Gasteiger partial charge is 0.388 e. The van der Waals surface area contributed by atoms with Crippen LogP contribution in [0.4, 0.5) is 8.78 Å². The van der Waals surface area contributed by atoms with Gasteiger partial charge in [0.2, 0.25) is 5.88 Å². The molecule has 2 aromatic rings. The first-order chi connectivity index (χ1) is 8.99. The molecule has 0 spiro atoms. The molecule has 0 aliphatic rings. The molecule has 9 heteroatoms. The van der Waals surface area contributed by atoms with Gasteiger partial charge in [-0.15, -0.1) is 5.10 Å². The summed E-state index contributed by atoms with van der Waals surface area (Å²) in [7, 11) is 0. The molecule has 2 rings (SSSR count). The Bertz CT molecular complexity index is 617. The Labute approximate surface area is 110 Å². The number of amides is 1. The number of primary amides is 1. The number of ether oxygens (including phenoxy) is 1. The number of alkyl halides is 2. The number of nitrogens with two attached hydrogens (primary N) is 1. The molecule has 0 fully saturated rings. The Kier molecular flexibility index (Phi) is 3.61. The molecule has 0 saturated carbocycles. The largest absolute Gasteiger partial charge is 0.415 e. The van der Waals surface area contributed by atoms with Crippen molar-refractivity contribution in [1.29, 1.82) is 0 Å². The van der Waals surface area contributed by atoms with E-state index in [1.165, 1.54) is 12.3 Å². The minimum atomic E-state index is -3.07. The second-order valence-corrected chi connectivity index (χ2v) is 3.74. The molecule has 2 heterocycles. The minimum absolute atomic E-state index is 0.0853. The lowest BCUT2D eigenvalue weighted by molar-refractivity contribution is -0.0530. The van der Waals surface area contributed by atoms with Crippen molar-refractivity contribution in [2.24, 2.45) is 5.73 Å². The van der Waals surface area contributed by atoms with E-state index in [1.54, 1.807) is 6.07 Å². The van der Waals surface area contributed by atoms with Gasteiger partial charge in [-0.05, 0) is 12.1 Å². The van der Waals surface area contributed by atoms with Crippen LogP contribution in [0.5, 0.6) is 5.88 Å². The van der Waals surface area contributed by atoms with Gasteiger partial charge < -0.3 is 10.5 Å². The third-order valence-corrected chi connectivity index (χ3v) is 2.38. The Morgan fingerprint density at radius 2 is 2.26 bits per heavy atom. The molecule has 0 bridgehead atoms. The van der Waals surface area contributed by atoms with Crippen LogP contribution in [0.3, 0.4) is 0 Å². The molecule has 6 nitrogen and oxygen atoms in total. The summed E-state index contributed by atoms with van der Waals surface area (Å²) in [5, 5.41) is 3.85. The van der Waals surface area contributed by atoms with E-state index in [1.807, 2.05) is 0 Å². The second-order valence-electron chi connectivity index (χ2n) is 3.33. The number of pyridine rings is 1. The summed E-state index contributed by atoms with van der Waals surface area (Å²) in [4.78, 5) is 15.2. The minimum Gasteiger partial charge on any atom is -0.415 e. The maximum Gasteiger partial charge on any atom is 0.388 e. The number of carbonyl (C=O) groups is 1. The van der Waals surface area contributed by atoms with Crippen molar-refractivity contribution in [2.45, 2.75) is 6.61 Å². The average molecular weight is 289 g/mol. The van der Waals surface area contributed by atoms with E-state index in [2.05, 4.69) is 14.8 Å². The molecule has 100 valence electrons. The Balaban J connectivity index is 2.52. The monoisotopic (exact) mass is 288 g/mol. The maximum absolute atomic E-state index is 12.1.